The van der Waals surface area contributed by atoms with Crippen LogP contribution in [-0.4, -0.2) is 47.5 Å². The smallest absolute Gasteiger partial charge is 0.0667 e. The zero-order chi connectivity index (χ0) is 12.1. The van der Waals surface area contributed by atoms with Crippen LogP contribution in [0.25, 0.3) is 0 Å². The van der Waals surface area contributed by atoms with Gasteiger partial charge < -0.3 is 15.1 Å². The number of nitrogens with zero attached hydrogens (tertiary/aromatic N) is 1. The second-order valence-electron chi connectivity index (χ2n) is 6.10. The lowest BCUT2D eigenvalue weighted by Crippen LogP contribution is -2.46. The van der Waals surface area contributed by atoms with Crippen LogP contribution in [-0.2, 0) is 0 Å². The van der Waals surface area contributed by atoms with Crippen molar-refractivity contribution < 1.29 is 10.2 Å². The summed E-state index contributed by atoms with van der Waals surface area (Å²) >= 11 is 0. The molecule has 0 amide bonds. The van der Waals surface area contributed by atoms with Crippen molar-refractivity contribution in [3.05, 3.63) is 0 Å². The molecule has 1 unspecified atom stereocenters. The summed E-state index contributed by atoms with van der Waals surface area (Å²) < 4.78 is 0. The number of piperidine rings is 1. The number of likely N-dealkylation sites (tertiary alicyclic amines) is 1. The highest BCUT2D eigenvalue weighted by Gasteiger charge is 2.33. The highest BCUT2D eigenvalue weighted by atomic mass is 16.3. The van der Waals surface area contributed by atoms with Gasteiger partial charge >= 0.3 is 0 Å². The zero-order valence-corrected chi connectivity index (χ0v) is 10.9. The largest absolute Gasteiger partial charge is 0.396 e. The molecule has 3 nitrogen and oxygen atoms in total. The molecule has 1 heterocycles. The SMILES string of the molecule is OCC1(CN2CCCC(O)C2)CCCCCC1. The van der Waals surface area contributed by atoms with Gasteiger partial charge in [0.2, 0.25) is 0 Å². The fourth-order valence-electron chi connectivity index (χ4n) is 3.49. The van der Waals surface area contributed by atoms with Gasteiger partial charge in [-0.2, -0.15) is 0 Å². The molecule has 0 radical (unpaired) electrons. The predicted molar refractivity (Wildman–Crippen MR) is 68.9 cm³/mol. The van der Waals surface area contributed by atoms with Crippen LogP contribution in [0.5, 0.6) is 0 Å². The van der Waals surface area contributed by atoms with Crippen molar-refractivity contribution in [2.24, 2.45) is 5.41 Å². The molecule has 0 aromatic rings. The molecule has 17 heavy (non-hydrogen) atoms. The minimum Gasteiger partial charge on any atom is -0.396 e. The molecule has 100 valence electrons. The summed E-state index contributed by atoms with van der Waals surface area (Å²) in [6.45, 7) is 3.21. The van der Waals surface area contributed by atoms with Crippen molar-refractivity contribution in [3.8, 4) is 0 Å². The standard InChI is InChI=1S/C14H27NO2/c16-12-14(7-3-1-2-4-8-14)11-15-9-5-6-13(17)10-15/h13,16-17H,1-12H2. The molecule has 0 spiro atoms. The summed E-state index contributed by atoms with van der Waals surface area (Å²) in [5.41, 5.74) is 0.119. The normalized spacial score (nSPS) is 31.1. The summed E-state index contributed by atoms with van der Waals surface area (Å²) in [6.07, 6.45) is 9.39. The van der Waals surface area contributed by atoms with E-state index in [2.05, 4.69) is 4.90 Å². The van der Waals surface area contributed by atoms with E-state index in [0.29, 0.717) is 6.61 Å². The molecular weight excluding hydrogens is 214 g/mol. The van der Waals surface area contributed by atoms with Crippen LogP contribution >= 0.6 is 0 Å². The summed E-state index contributed by atoms with van der Waals surface area (Å²) in [6, 6.07) is 0. The summed E-state index contributed by atoms with van der Waals surface area (Å²) in [5.74, 6) is 0. The molecule has 2 aliphatic rings. The molecule has 0 bridgehead atoms. The fraction of sp³-hybridized carbons (Fsp3) is 1.00. The van der Waals surface area contributed by atoms with Crippen molar-refractivity contribution in [1.29, 1.82) is 0 Å². The van der Waals surface area contributed by atoms with E-state index in [0.717, 1.165) is 45.3 Å². The van der Waals surface area contributed by atoms with Gasteiger partial charge in [0, 0.05) is 25.1 Å². The van der Waals surface area contributed by atoms with E-state index >= 15 is 0 Å². The number of hydrogen-bond donors (Lipinski definition) is 2. The molecule has 1 aliphatic heterocycles. The first kappa shape index (κ1) is 13.3. The molecule has 0 aromatic carbocycles. The van der Waals surface area contributed by atoms with Crippen LogP contribution in [0.4, 0.5) is 0 Å². The highest BCUT2D eigenvalue weighted by molar-refractivity contribution is 4.86. The van der Waals surface area contributed by atoms with E-state index in [1.54, 1.807) is 0 Å². The Hall–Kier alpha value is -0.120. The topological polar surface area (TPSA) is 43.7 Å². The highest BCUT2D eigenvalue weighted by Crippen LogP contribution is 2.36. The van der Waals surface area contributed by atoms with Gasteiger partial charge in [-0.3, -0.25) is 0 Å². The molecule has 0 aromatic heterocycles. The zero-order valence-electron chi connectivity index (χ0n) is 10.9. The van der Waals surface area contributed by atoms with Gasteiger partial charge in [-0.25, -0.2) is 0 Å². The maximum absolute atomic E-state index is 9.77. The van der Waals surface area contributed by atoms with Gasteiger partial charge in [-0.1, -0.05) is 25.7 Å². The van der Waals surface area contributed by atoms with Crippen LogP contribution in [0.2, 0.25) is 0 Å². The van der Waals surface area contributed by atoms with Crippen LogP contribution in [0.1, 0.15) is 51.4 Å². The first-order chi connectivity index (χ1) is 8.24. The average Bonchev–Trinajstić information content (AvgIpc) is 2.55. The van der Waals surface area contributed by atoms with E-state index in [1.807, 2.05) is 0 Å². The van der Waals surface area contributed by atoms with Gasteiger partial charge in [0.15, 0.2) is 0 Å². The Morgan fingerprint density at radius 3 is 2.35 bits per heavy atom. The van der Waals surface area contributed by atoms with E-state index in [1.165, 1.54) is 25.7 Å². The van der Waals surface area contributed by atoms with Crippen molar-refractivity contribution in [2.75, 3.05) is 26.2 Å². The Labute approximate surface area is 105 Å². The number of hydrogen-bond acceptors (Lipinski definition) is 3. The third-order valence-corrected chi connectivity index (χ3v) is 4.54. The second-order valence-corrected chi connectivity index (χ2v) is 6.10. The fourth-order valence-corrected chi connectivity index (χ4v) is 3.49. The van der Waals surface area contributed by atoms with Crippen LogP contribution in [0.3, 0.4) is 0 Å². The van der Waals surface area contributed by atoms with Gasteiger partial charge in [0.25, 0.3) is 0 Å². The summed E-state index contributed by atoms with van der Waals surface area (Å²) in [5, 5.41) is 19.5. The molecular formula is C14H27NO2. The third kappa shape index (κ3) is 3.67. The van der Waals surface area contributed by atoms with E-state index in [4.69, 9.17) is 0 Å². The van der Waals surface area contributed by atoms with Gasteiger partial charge in [0.1, 0.15) is 0 Å². The number of aliphatic hydroxyl groups is 2. The van der Waals surface area contributed by atoms with Crippen molar-refractivity contribution in [1.82, 2.24) is 4.90 Å². The molecule has 1 atom stereocenters. The summed E-state index contributed by atoms with van der Waals surface area (Å²) in [4.78, 5) is 2.37. The molecule has 1 aliphatic carbocycles. The first-order valence-electron chi connectivity index (χ1n) is 7.25. The Bertz CT molecular complexity index is 224. The van der Waals surface area contributed by atoms with Gasteiger partial charge in [-0.05, 0) is 32.2 Å². The quantitative estimate of drug-likeness (QED) is 0.740. The lowest BCUT2D eigenvalue weighted by Gasteiger charge is -2.39. The molecule has 1 saturated carbocycles. The predicted octanol–water partition coefficient (Wildman–Crippen LogP) is 1.78. The summed E-state index contributed by atoms with van der Waals surface area (Å²) in [7, 11) is 0. The van der Waals surface area contributed by atoms with Crippen molar-refractivity contribution in [3.63, 3.8) is 0 Å². The van der Waals surface area contributed by atoms with Crippen LogP contribution in [0.15, 0.2) is 0 Å². The molecule has 2 N–H and O–H groups in total. The molecule has 3 heteroatoms. The Morgan fingerprint density at radius 1 is 1.06 bits per heavy atom. The minimum atomic E-state index is -0.148. The van der Waals surface area contributed by atoms with Crippen molar-refractivity contribution in [2.45, 2.75) is 57.5 Å². The third-order valence-electron chi connectivity index (χ3n) is 4.54. The van der Waals surface area contributed by atoms with Crippen LogP contribution < -0.4 is 0 Å². The monoisotopic (exact) mass is 241 g/mol. The maximum atomic E-state index is 9.77. The van der Waals surface area contributed by atoms with Crippen LogP contribution in [0, 0.1) is 5.41 Å². The van der Waals surface area contributed by atoms with E-state index in [-0.39, 0.29) is 11.5 Å². The average molecular weight is 241 g/mol. The lowest BCUT2D eigenvalue weighted by atomic mass is 9.80. The van der Waals surface area contributed by atoms with E-state index in [9.17, 15) is 10.2 Å². The maximum Gasteiger partial charge on any atom is 0.0667 e. The Morgan fingerprint density at radius 2 is 1.76 bits per heavy atom. The van der Waals surface area contributed by atoms with Gasteiger partial charge in [0.05, 0.1) is 6.10 Å². The first-order valence-corrected chi connectivity index (χ1v) is 7.25. The lowest BCUT2D eigenvalue weighted by molar-refractivity contribution is 0.0148. The number of rotatable bonds is 3. The molecule has 2 rings (SSSR count). The minimum absolute atomic E-state index is 0.119. The Kier molecular flexibility index (Phi) is 4.83. The van der Waals surface area contributed by atoms with E-state index < -0.39 is 0 Å². The Balaban J connectivity index is 1.92. The number of aliphatic hydroxyl groups excluding tert-OH is 2. The molecule has 2 fully saturated rings. The molecule has 1 saturated heterocycles. The van der Waals surface area contributed by atoms with Gasteiger partial charge in [-0.15, -0.1) is 0 Å². The van der Waals surface area contributed by atoms with Crippen molar-refractivity contribution >= 4 is 0 Å². The number of β-amino-alcohol motifs (C(OH)–C–C–N with tert-alkyl or cyclic N) is 1. The second kappa shape index (κ2) is 6.17.